The highest BCUT2D eigenvalue weighted by Gasteiger charge is 2.16. The quantitative estimate of drug-likeness (QED) is 0.794. The molecule has 0 unspecified atom stereocenters. The second-order valence-corrected chi connectivity index (χ2v) is 5.68. The van der Waals surface area contributed by atoms with Gasteiger partial charge in [-0.1, -0.05) is 6.92 Å². The molecule has 0 saturated heterocycles. The fourth-order valence-electron chi connectivity index (χ4n) is 2.55. The molecule has 0 aliphatic heterocycles. The molecule has 1 amide bonds. The maximum atomic E-state index is 12.4. The summed E-state index contributed by atoms with van der Waals surface area (Å²) < 4.78 is 17.8. The highest BCUT2D eigenvalue weighted by Crippen LogP contribution is 2.38. The van der Waals surface area contributed by atoms with E-state index in [1.165, 1.54) is 0 Å². The number of ether oxygens (including phenoxy) is 3. The number of nitrogens with zero attached hydrogens (tertiary/aromatic N) is 2. The van der Waals surface area contributed by atoms with E-state index in [-0.39, 0.29) is 18.4 Å². The normalized spacial score (nSPS) is 11.7. The van der Waals surface area contributed by atoms with Gasteiger partial charge in [0.2, 0.25) is 11.7 Å². The highest BCUT2D eigenvalue weighted by molar-refractivity contribution is 5.91. The van der Waals surface area contributed by atoms with Crippen LogP contribution < -0.4 is 19.5 Å². The molecule has 0 radical (unpaired) electrons. The summed E-state index contributed by atoms with van der Waals surface area (Å²) in [6, 6.07) is 5.55. The van der Waals surface area contributed by atoms with Crippen molar-refractivity contribution in [1.29, 1.82) is 0 Å². The van der Waals surface area contributed by atoms with Crippen molar-refractivity contribution in [3.8, 4) is 17.2 Å². The van der Waals surface area contributed by atoms with Crippen molar-refractivity contribution in [3.05, 3.63) is 30.0 Å². The zero-order chi connectivity index (χ0) is 18.4. The topological polar surface area (TPSA) is 74.6 Å². The van der Waals surface area contributed by atoms with Gasteiger partial charge < -0.3 is 19.5 Å². The number of carbonyl (C=O) groups is 1. The molecule has 0 bridgehead atoms. The minimum Gasteiger partial charge on any atom is -0.493 e. The van der Waals surface area contributed by atoms with Crippen molar-refractivity contribution < 1.29 is 19.0 Å². The number of anilines is 1. The summed E-state index contributed by atoms with van der Waals surface area (Å²) >= 11 is 0. The van der Waals surface area contributed by atoms with Crippen molar-refractivity contribution in [2.75, 3.05) is 26.6 Å². The number of methoxy groups -OCH3 is 3. The van der Waals surface area contributed by atoms with Crippen molar-refractivity contribution in [2.24, 2.45) is 0 Å². The van der Waals surface area contributed by atoms with Gasteiger partial charge in [-0.2, -0.15) is 5.10 Å². The van der Waals surface area contributed by atoms with E-state index in [9.17, 15) is 4.79 Å². The Morgan fingerprint density at radius 3 is 2.36 bits per heavy atom. The van der Waals surface area contributed by atoms with Gasteiger partial charge in [0, 0.05) is 6.07 Å². The molecule has 1 aromatic heterocycles. The Labute approximate surface area is 147 Å². The smallest absolute Gasteiger partial charge is 0.229 e. The van der Waals surface area contributed by atoms with E-state index < -0.39 is 0 Å². The third-order valence-corrected chi connectivity index (χ3v) is 4.04. The van der Waals surface area contributed by atoms with Crippen LogP contribution in [0.2, 0.25) is 0 Å². The zero-order valence-corrected chi connectivity index (χ0v) is 15.3. The third-order valence-electron chi connectivity index (χ3n) is 4.04. The average molecular weight is 347 g/mol. The second kappa shape index (κ2) is 8.41. The van der Waals surface area contributed by atoms with Gasteiger partial charge in [-0.3, -0.25) is 4.79 Å². The molecule has 1 heterocycles. The zero-order valence-electron chi connectivity index (χ0n) is 15.3. The largest absolute Gasteiger partial charge is 0.493 e. The first-order valence-corrected chi connectivity index (χ1v) is 8.16. The predicted octanol–water partition coefficient (Wildman–Crippen LogP) is 3.06. The summed E-state index contributed by atoms with van der Waals surface area (Å²) in [7, 11) is 4.64. The second-order valence-electron chi connectivity index (χ2n) is 5.68. The van der Waals surface area contributed by atoms with E-state index >= 15 is 0 Å². The molecule has 7 heteroatoms. The van der Waals surface area contributed by atoms with Gasteiger partial charge in [0.05, 0.1) is 40.0 Å². The molecule has 1 atom stereocenters. The molecule has 25 heavy (non-hydrogen) atoms. The lowest BCUT2D eigenvalue weighted by Crippen LogP contribution is -2.19. The number of hydrogen-bond acceptors (Lipinski definition) is 5. The molecule has 136 valence electrons. The summed E-state index contributed by atoms with van der Waals surface area (Å²) in [5, 5.41) is 7.18. The monoisotopic (exact) mass is 347 g/mol. The Kier molecular flexibility index (Phi) is 6.27. The Balaban J connectivity index is 2.17. The molecule has 7 nitrogen and oxygen atoms in total. The van der Waals surface area contributed by atoms with Gasteiger partial charge in [0.25, 0.3) is 0 Å². The molecule has 2 rings (SSSR count). The molecular formula is C18H25N3O4. The standard InChI is InChI=1S/C18H25N3O4/c1-6-12(2)21-16(7-8-19-21)20-17(22)11-13-9-14(23-3)18(25-5)15(10-13)24-4/h7-10,12H,6,11H2,1-5H3,(H,20,22)/t12-/m0/s1. The fraction of sp³-hybridized carbons (Fsp3) is 0.444. The van der Waals surface area contributed by atoms with Crippen molar-refractivity contribution in [2.45, 2.75) is 32.7 Å². The van der Waals surface area contributed by atoms with Gasteiger partial charge in [0.1, 0.15) is 5.82 Å². The minimum absolute atomic E-state index is 0.140. The Bertz CT molecular complexity index is 702. The van der Waals surface area contributed by atoms with Gasteiger partial charge in [-0.15, -0.1) is 0 Å². The summed E-state index contributed by atoms with van der Waals surface area (Å²) in [4.78, 5) is 12.4. The lowest BCUT2D eigenvalue weighted by atomic mass is 10.1. The van der Waals surface area contributed by atoms with Crippen LogP contribution in [0.1, 0.15) is 31.9 Å². The van der Waals surface area contributed by atoms with Crippen LogP contribution in [0.3, 0.4) is 0 Å². The van der Waals surface area contributed by atoms with E-state index in [1.54, 1.807) is 45.7 Å². The first kappa shape index (κ1) is 18.6. The number of benzene rings is 1. The third kappa shape index (κ3) is 4.23. The molecule has 0 aliphatic rings. The summed E-state index contributed by atoms with van der Waals surface area (Å²) in [5.41, 5.74) is 0.765. The number of hydrogen-bond donors (Lipinski definition) is 1. The first-order chi connectivity index (χ1) is 12.0. The van der Waals surface area contributed by atoms with Crippen LogP contribution in [0.4, 0.5) is 5.82 Å². The Hall–Kier alpha value is -2.70. The van der Waals surface area contributed by atoms with Crippen LogP contribution in [0.5, 0.6) is 17.2 Å². The summed E-state index contributed by atoms with van der Waals surface area (Å²) in [6.07, 6.45) is 2.79. The lowest BCUT2D eigenvalue weighted by Gasteiger charge is -2.15. The maximum Gasteiger partial charge on any atom is 0.229 e. The predicted molar refractivity (Wildman–Crippen MR) is 95.7 cm³/mol. The van der Waals surface area contributed by atoms with Gasteiger partial charge in [-0.05, 0) is 31.0 Å². The van der Waals surface area contributed by atoms with E-state index in [0.717, 1.165) is 12.0 Å². The van der Waals surface area contributed by atoms with Crippen LogP contribution in [0.25, 0.3) is 0 Å². The molecule has 1 aromatic carbocycles. The van der Waals surface area contributed by atoms with Gasteiger partial charge in [0.15, 0.2) is 11.5 Å². The summed E-state index contributed by atoms with van der Waals surface area (Å²) in [5.74, 6) is 2.10. The molecule has 1 N–H and O–H groups in total. The SMILES string of the molecule is CC[C@H](C)n1nccc1NC(=O)Cc1cc(OC)c(OC)c(OC)c1. The number of carbonyl (C=O) groups excluding carboxylic acids is 1. The van der Waals surface area contributed by atoms with E-state index in [0.29, 0.717) is 23.1 Å². The van der Waals surface area contributed by atoms with Crippen LogP contribution in [-0.4, -0.2) is 37.0 Å². The molecule has 0 spiro atoms. The van der Waals surface area contributed by atoms with Crippen molar-refractivity contribution in [3.63, 3.8) is 0 Å². The van der Waals surface area contributed by atoms with Crippen LogP contribution in [-0.2, 0) is 11.2 Å². The maximum absolute atomic E-state index is 12.4. The lowest BCUT2D eigenvalue weighted by molar-refractivity contribution is -0.115. The molecule has 0 fully saturated rings. The van der Waals surface area contributed by atoms with Crippen molar-refractivity contribution >= 4 is 11.7 Å². The molecule has 2 aromatic rings. The highest BCUT2D eigenvalue weighted by atomic mass is 16.5. The van der Waals surface area contributed by atoms with E-state index in [2.05, 4.69) is 24.3 Å². The Morgan fingerprint density at radius 1 is 1.20 bits per heavy atom. The van der Waals surface area contributed by atoms with Gasteiger partial charge in [-0.25, -0.2) is 4.68 Å². The number of rotatable bonds is 8. The number of nitrogens with one attached hydrogen (secondary N) is 1. The molecule has 0 saturated carbocycles. The fourth-order valence-corrected chi connectivity index (χ4v) is 2.55. The van der Waals surface area contributed by atoms with Crippen LogP contribution in [0, 0.1) is 0 Å². The van der Waals surface area contributed by atoms with Crippen LogP contribution in [0.15, 0.2) is 24.4 Å². The number of aromatic nitrogens is 2. The molecular weight excluding hydrogens is 322 g/mol. The van der Waals surface area contributed by atoms with E-state index in [4.69, 9.17) is 14.2 Å². The summed E-state index contributed by atoms with van der Waals surface area (Å²) in [6.45, 7) is 4.13. The Morgan fingerprint density at radius 2 is 1.84 bits per heavy atom. The van der Waals surface area contributed by atoms with E-state index in [1.807, 2.05) is 4.68 Å². The minimum atomic E-state index is -0.140. The van der Waals surface area contributed by atoms with Gasteiger partial charge >= 0.3 is 0 Å². The van der Waals surface area contributed by atoms with Crippen molar-refractivity contribution in [1.82, 2.24) is 9.78 Å². The molecule has 0 aliphatic carbocycles. The average Bonchev–Trinajstić information content (AvgIpc) is 3.07. The van der Waals surface area contributed by atoms with Crippen LogP contribution >= 0.6 is 0 Å². The first-order valence-electron chi connectivity index (χ1n) is 8.16. The number of amides is 1.